The zero-order chi connectivity index (χ0) is 18.9. The van der Waals surface area contributed by atoms with Crippen LogP contribution in [0.3, 0.4) is 0 Å². The van der Waals surface area contributed by atoms with Crippen molar-refractivity contribution < 1.29 is 10.2 Å². The van der Waals surface area contributed by atoms with E-state index in [0.29, 0.717) is 5.75 Å². The first kappa shape index (κ1) is 18.3. The predicted octanol–water partition coefficient (Wildman–Crippen LogP) is 4.10. The van der Waals surface area contributed by atoms with Gasteiger partial charge in [0, 0.05) is 26.1 Å². The van der Waals surface area contributed by atoms with Crippen LogP contribution in [-0.4, -0.2) is 40.3 Å². The van der Waals surface area contributed by atoms with Crippen molar-refractivity contribution in [2.75, 3.05) is 19.6 Å². The van der Waals surface area contributed by atoms with Crippen LogP contribution in [0, 0.1) is 6.92 Å². The highest BCUT2D eigenvalue weighted by molar-refractivity contribution is 5.61. The van der Waals surface area contributed by atoms with Gasteiger partial charge >= 0.3 is 0 Å². The molecule has 1 saturated heterocycles. The topological polar surface area (TPSA) is 43.7 Å². The van der Waals surface area contributed by atoms with E-state index in [0.717, 1.165) is 51.7 Å². The number of aryl methyl sites for hydroxylation is 2. The van der Waals surface area contributed by atoms with Gasteiger partial charge in [-0.05, 0) is 61.4 Å². The van der Waals surface area contributed by atoms with Crippen LogP contribution in [0.1, 0.15) is 41.5 Å². The third-order valence-electron chi connectivity index (χ3n) is 6.07. The Labute approximate surface area is 162 Å². The van der Waals surface area contributed by atoms with E-state index in [1.54, 1.807) is 6.07 Å². The van der Waals surface area contributed by atoms with Crippen molar-refractivity contribution >= 4 is 6.08 Å². The molecule has 2 N–H and O–H groups in total. The van der Waals surface area contributed by atoms with Crippen molar-refractivity contribution in [3.05, 3.63) is 70.3 Å². The Kier molecular flexibility index (Phi) is 5.07. The number of aliphatic hydroxyl groups is 1. The van der Waals surface area contributed by atoms with Crippen molar-refractivity contribution in [1.29, 1.82) is 0 Å². The normalized spacial score (nSPS) is 19.4. The van der Waals surface area contributed by atoms with E-state index < -0.39 is 5.60 Å². The van der Waals surface area contributed by atoms with Crippen LogP contribution >= 0.6 is 0 Å². The Morgan fingerprint density at radius 2 is 1.74 bits per heavy atom. The molecule has 0 aromatic heterocycles. The molecule has 142 valence electrons. The third kappa shape index (κ3) is 4.42. The van der Waals surface area contributed by atoms with Gasteiger partial charge in [0.15, 0.2) is 0 Å². The number of aromatic hydroxyl groups is 1. The largest absolute Gasteiger partial charge is 0.508 e. The fourth-order valence-corrected chi connectivity index (χ4v) is 4.34. The maximum Gasteiger partial charge on any atom is 0.115 e. The molecule has 1 fully saturated rings. The molecule has 1 heterocycles. The van der Waals surface area contributed by atoms with Crippen molar-refractivity contribution in [2.45, 2.75) is 44.6 Å². The third-order valence-corrected chi connectivity index (χ3v) is 6.07. The predicted molar refractivity (Wildman–Crippen MR) is 110 cm³/mol. The van der Waals surface area contributed by atoms with E-state index in [1.165, 1.54) is 27.8 Å². The fraction of sp³-hybridized carbons (Fsp3) is 0.417. The molecule has 0 radical (unpaired) electrons. The molecule has 1 aliphatic carbocycles. The molecule has 27 heavy (non-hydrogen) atoms. The fourth-order valence-electron chi connectivity index (χ4n) is 4.34. The molecule has 3 nitrogen and oxygen atoms in total. The van der Waals surface area contributed by atoms with E-state index in [9.17, 15) is 10.2 Å². The van der Waals surface area contributed by atoms with Crippen LogP contribution < -0.4 is 0 Å². The average Bonchev–Trinajstić information content (AvgIpc) is 2.66. The molecular weight excluding hydrogens is 334 g/mol. The number of hydrogen-bond acceptors (Lipinski definition) is 3. The zero-order valence-electron chi connectivity index (χ0n) is 16.1. The highest BCUT2D eigenvalue weighted by Gasteiger charge is 2.32. The lowest BCUT2D eigenvalue weighted by atomic mass is 9.84. The van der Waals surface area contributed by atoms with Gasteiger partial charge in [-0.2, -0.15) is 0 Å². The van der Waals surface area contributed by atoms with E-state index in [4.69, 9.17) is 0 Å². The van der Waals surface area contributed by atoms with Gasteiger partial charge in [-0.1, -0.05) is 47.5 Å². The van der Waals surface area contributed by atoms with Gasteiger partial charge in [0.2, 0.25) is 0 Å². The maximum absolute atomic E-state index is 11.0. The summed E-state index contributed by atoms with van der Waals surface area (Å²) in [5, 5.41) is 20.6. The number of phenolic OH excluding ortho intramolecular Hbond substituents is 1. The lowest BCUT2D eigenvalue weighted by molar-refractivity contribution is -0.0187. The maximum atomic E-state index is 11.0. The number of rotatable bonds is 4. The monoisotopic (exact) mass is 363 g/mol. The Hall–Kier alpha value is -2.10. The molecule has 0 amide bonds. The SMILES string of the molecule is Cc1ccc(CC2(O)CCN(CC3=Cc4ccc(O)cc4CC3)CC2)cc1. The number of likely N-dealkylation sites (tertiary alicyclic amines) is 1. The van der Waals surface area contributed by atoms with Crippen molar-refractivity contribution in [1.82, 2.24) is 4.90 Å². The average molecular weight is 364 g/mol. The summed E-state index contributed by atoms with van der Waals surface area (Å²) in [7, 11) is 0. The molecule has 0 atom stereocenters. The lowest BCUT2D eigenvalue weighted by Gasteiger charge is -2.39. The smallest absolute Gasteiger partial charge is 0.115 e. The van der Waals surface area contributed by atoms with Crippen molar-refractivity contribution in [2.24, 2.45) is 0 Å². The van der Waals surface area contributed by atoms with Gasteiger partial charge in [-0.25, -0.2) is 0 Å². The molecular formula is C24H29NO2. The van der Waals surface area contributed by atoms with Gasteiger partial charge in [0.05, 0.1) is 5.60 Å². The first-order valence-electron chi connectivity index (χ1n) is 10.0. The summed E-state index contributed by atoms with van der Waals surface area (Å²) in [5.74, 6) is 0.356. The van der Waals surface area contributed by atoms with Crippen LogP contribution in [0.2, 0.25) is 0 Å². The van der Waals surface area contributed by atoms with E-state index in [2.05, 4.69) is 42.2 Å². The van der Waals surface area contributed by atoms with Gasteiger partial charge in [0.25, 0.3) is 0 Å². The minimum Gasteiger partial charge on any atom is -0.508 e. The molecule has 4 rings (SSSR count). The van der Waals surface area contributed by atoms with E-state index >= 15 is 0 Å². The second kappa shape index (κ2) is 7.49. The summed E-state index contributed by atoms with van der Waals surface area (Å²) in [4.78, 5) is 2.47. The van der Waals surface area contributed by atoms with Crippen LogP contribution in [0.4, 0.5) is 0 Å². The second-order valence-electron chi connectivity index (χ2n) is 8.35. The van der Waals surface area contributed by atoms with Gasteiger partial charge in [0.1, 0.15) is 5.75 Å². The van der Waals surface area contributed by atoms with Crippen molar-refractivity contribution in [3.63, 3.8) is 0 Å². The standard InChI is InChI=1S/C24H29NO2/c1-18-2-4-19(5-3-18)16-24(27)10-12-25(13-11-24)17-20-6-7-22-15-23(26)9-8-21(22)14-20/h2-5,8-9,14-15,26-27H,6-7,10-13,16-17H2,1H3. The number of hydrogen-bond donors (Lipinski definition) is 2. The summed E-state index contributed by atoms with van der Waals surface area (Å²) >= 11 is 0. The van der Waals surface area contributed by atoms with Crippen LogP contribution in [-0.2, 0) is 12.8 Å². The second-order valence-corrected chi connectivity index (χ2v) is 8.35. The molecule has 0 spiro atoms. The minimum absolute atomic E-state index is 0.356. The molecule has 0 saturated carbocycles. The summed E-state index contributed by atoms with van der Waals surface area (Å²) in [6, 6.07) is 14.2. The highest BCUT2D eigenvalue weighted by Crippen LogP contribution is 2.30. The van der Waals surface area contributed by atoms with Crippen LogP contribution in [0.5, 0.6) is 5.75 Å². The number of fused-ring (bicyclic) bond motifs is 1. The highest BCUT2D eigenvalue weighted by atomic mass is 16.3. The summed E-state index contributed by atoms with van der Waals surface area (Å²) in [6.45, 7) is 4.98. The van der Waals surface area contributed by atoms with Gasteiger partial charge < -0.3 is 10.2 Å². The Balaban J connectivity index is 1.34. The number of benzene rings is 2. The van der Waals surface area contributed by atoms with Gasteiger partial charge in [-0.15, -0.1) is 0 Å². The minimum atomic E-state index is -0.573. The number of piperidine rings is 1. The molecule has 2 aromatic rings. The summed E-state index contributed by atoms with van der Waals surface area (Å²) in [5.41, 5.74) is 5.85. The lowest BCUT2D eigenvalue weighted by Crippen LogP contribution is -2.46. The van der Waals surface area contributed by atoms with E-state index in [1.807, 2.05) is 12.1 Å². The number of nitrogens with zero attached hydrogens (tertiary/aromatic N) is 1. The van der Waals surface area contributed by atoms with Gasteiger partial charge in [-0.3, -0.25) is 4.90 Å². The zero-order valence-corrected chi connectivity index (χ0v) is 16.1. The van der Waals surface area contributed by atoms with E-state index in [-0.39, 0.29) is 0 Å². The molecule has 0 unspecified atom stereocenters. The molecule has 0 bridgehead atoms. The summed E-state index contributed by atoms with van der Waals surface area (Å²) < 4.78 is 0. The summed E-state index contributed by atoms with van der Waals surface area (Å²) in [6.07, 6.45) is 6.75. The van der Waals surface area contributed by atoms with Crippen LogP contribution in [0.15, 0.2) is 48.0 Å². The molecule has 3 heteroatoms. The Morgan fingerprint density at radius 1 is 1.00 bits per heavy atom. The first-order valence-corrected chi connectivity index (χ1v) is 10.0. The first-order chi connectivity index (χ1) is 13.0. The number of phenols is 1. The Morgan fingerprint density at radius 3 is 2.48 bits per heavy atom. The molecule has 1 aliphatic heterocycles. The molecule has 2 aliphatic rings. The van der Waals surface area contributed by atoms with Crippen LogP contribution in [0.25, 0.3) is 6.08 Å². The Bertz CT molecular complexity index is 830. The molecule has 2 aromatic carbocycles. The van der Waals surface area contributed by atoms with Crippen molar-refractivity contribution in [3.8, 4) is 5.75 Å². The quantitative estimate of drug-likeness (QED) is 0.859.